The second kappa shape index (κ2) is 8.01. The largest absolute Gasteiger partial charge is 0.345 e. The average molecular weight is 271 g/mol. The number of rotatable bonds is 8. The van der Waals surface area contributed by atoms with Crippen molar-refractivity contribution < 1.29 is 14.4 Å². The highest BCUT2D eigenvalue weighted by Crippen LogP contribution is 2.06. The first-order valence-corrected chi connectivity index (χ1v) is 6.51. The predicted molar refractivity (Wildman–Crippen MR) is 73.6 cm³/mol. The van der Waals surface area contributed by atoms with Crippen molar-refractivity contribution in [1.82, 2.24) is 10.6 Å². The number of likely N-dealkylation sites (N-methyl/N-ethyl adjacent to an activating group) is 1. The Morgan fingerprint density at radius 1 is 1.05 bits per heavy atom. The van der Waals surface area contributed by atoms with Crippen molar-refractivity contribution >= 4 is 17.5 Å². The molecule has 0 aromatic carbocycles. The number of nitrogens with one attached hydrogen (secondary N) is 2. The molecular weight excluding hydrogens is 246 g/mol. The number of Topliss-reactive ketones (excluding diaryl/α,β-unsaturated/α-hetero) is 2. The maximum absolute atomic E-state index is 12.0. The van der Waals surface area contributed by atoms with Crippen LogP contribution in [0, 0.1) is 5.92 Å². The normalized spacial score (nSPS) is 15.7. The number of carbonyl (C=O) groups excluding carboxylic acids is 3. The van der Waals surface area contributed by atoms with Crippen LogP contribution < -0.4 is 16.4 Å². The van der Waals surface area contributed by atoms with Gasteiger partial charge in [-0.25, -0.2) is 0 Å². The van der Waals surface area contributed by atoms with Crippen LogP contribution in [0.25, 0.3) is 0 Å². The van der Waals surface area contributed by atoms with Crippen molar-refractivity contribution in [3.8, 4) is 0 Å². The molecule has 0 bridgehead atoms. The van der Waals surface area contributed by atoms with Crippen molar-refractivity contribution in [1.29, 1.82) is 0 Å². The predicted octanol–water partition coefficient (Wildman–Crippen LogP) is -0.389. The molecule has 6 heteroatoms. The van der Waals surface area contributed by atoms with E-state index >= 15 is 0 Å². The van der Waals surface area contributed by atoms with Gasteiger partial charge in [0.15, 0.2) is 0 Å². The summed E-state index contributed by atoms with van der Waals surface area (Å²) in [5.74, 6) is -1.26. The lowest BCUT2D eigenvalue weighted by Gasteiger charge is -2.19. The highest BCUT2D eigenvalue weighted by Gasteiger charge is 2.29. The summed E-state index contributed by atoms with van der Waals surface area (Å²) in [4.78, 5) is 35.3. The zero-order valence-electron chi connectivity index (χ0n) is 12.3. The van der Waals surface area contributed by atoms with E-state index in [-0.39, 0.29) is 0 Å². The molecule has 0 fully saturated rings. The van der Waals surface area contributed by atoms with E-state index in [9.17, 15) is 14.4 Å². The van der Waals surface area contributed by atoms with Gasteiger partial charge in [-0.2, -0.15) is 0 Å². The first-order valence-electron chi connectivity index (χ1n) is 6.51. The fourth-order valence-electron chi connectivity index (χ4n) is 1.62. The average Bonchev–Trinajstić information content (AvgIpc) is 2.33. The Morgan fingerprint density at radius 3 is 1.95 bits per heavy atom. The second-order valence-corrected chi connectivity index (χ2v) is 5.22. The molecule has 110 valence electrons. The SMILES string of the molecule is CN[C@@H](CC(C)C)C(=O)C(=O)[C@@H](C)NC(=O)[C@H](C)N. The van der Waals surface area contributed by atoms with Crippen LogP contribution in [0.4, 0.5) is 0 Å². The van der Waals surface area contributed by atoms with Gasteiger partial charge >= 0.3 is 0 Å². The molecule has 1 amide bonds. The molecule has 0 heterocycles. The van der Waals surface area contributed by atoms with Crippen LogP contribution >= 0.6 is 0 Å². The molecule has 0 aliphatic carbocycles. The summed E-state index contributed by atoms with van der Waals surface area (Å²) in [5, 5.41) is 5.27. The summed E-state index contributed by atoms with van der Waals surface area (Å²) >= 11 is 0. The summed E-state index contributed by atoms with van der Waals surface area (Å²) in [7, 11) is 1.64. The Kier molecular flexibility index (Phi) is 7.48. The van der Waals surface area contributed by atoms with E-state index in [1.54, 1.807) is 7.05 Å². The Hall–Kier alpha value is -1.27. The van der Waals surface area contributed by atoms with Crippen molar-refractivity contribution in [2.45, 2.75) is 52.2 Å². The zero-order valence-corrected chi connectivity index (χ0v) is 12.3. The third-order valence-electron chi connectivity index (χ3n) is 2.78. The van der Waals surface area contributed by atoms with Crippen molar-refractivity contribution in [3.63, 3.8) is 0 Å². The van der Waals surface area contributed by atoms with Gasteiger partial charge in [0, 0.05) is 0 Å². The summed E-state index contributed by atoms with van der Waals surface area (Å²) in [6.45, 7) is 6.96. The molecule has 0 aromatic heterocycles. The molecular formula is C13H25N3O3. The monoisotopic (exact) mass is 271 g/mol. The molecule has 0 spiro atoms. The van der Waals surface area contributed by atoms with E-state index in [1.165, 1.54) is 13.8 Å². The van der Waals surface area contributed by atoms with Gasteiger partial charge in [0.1, 0.15) is 0 Å². The van der Waals surface area contributed by atoms with Gasteiger partial charge in [0.05, 0.1) is 18.1 Å². The van der Waals surface area contributed by atoms with E-state index in [0.717, 1.165) is 0 Å². The highest BCUT2D eigenvalue weighted by molar-refractivity contribution is 6.41. The van der Waals surface area contributed by atoms with Crippen LogP contribution in [0.5, 0.6) is 0 Å². The highest BCUT2D eigenvalue weighted by atomic mass is 16.2. The molecule has 0 aromatic rings. The van der Waals surface area contributed by atoms with E-state index in [1.807, 2.05) is 13.8 Å². The van der Waals surface area contributed by atoms with Crippen LogP contribution in [0.2, 0.25) is 0 Å². The second-order valence-electron chi connectivity index (χ2n) is 5.22. The maximum Gasteiger partial charge on any atom is 0.237 e. The van der Waals surface area contributed by atoms with Gasteiger partial charge in [0.25, 0.3) is 0 Å². The number of nitrogens with two attached hydrogens (primary N) is 1. The third-order valence-corrected chi connectivity index (χ3v) is 2.78. The van der Waals surface area contributed by atoms with Crippen molar-refractivity contribution in [3.05, 3.63) is 0 Å². The summed E-state index contributed by atoms with van der Waals surface area (Å²) in [5.41, 5.74) is 5.39. The lowest BCUT2D eigenvalue weighted by Crippen LogP contribution is -2.51. The number of amides is 1. The Labute approximate surface area is 114 Å². The molecule has 6 nitrogen and oxygen atoms in total. The molecule has 0 saturated carbocycles. The van der Waals surface area contributed by atoms with Crippen LogP contribution in [0.1, 0.15) is 34.1 Å². The molecule has 0 radical (unpaired) electrons. The first-order chi connectivity index (χ1) is 8.70. The Morgan fingerprint density at radius 2 is 1.58 bits per heavy atom. The molecule has 0 rings (SSSR count). The van der Waals surface area contributed by atoms with E-state index in [4.69, 9.17) is 5.73 Å². The molecule has 0 aliphatic heterocycles. The number of carbonyl (C=O) groups is 3. The Bertz CT molecular complexity index is 340. The van der Waals surface area contributed by atoms with Crippen LogP contribution in [0.15, 0.2) is 0 Å². The van der Waals surface area contributed by atoms with Gasteiger partial charge < -0.3 is 16.4 Å². The number of hydrogen-bond donors (Lipinski definition) is 3. The summed E-state index contributed by atoms with van der Waals surface area (Å²) < 4.78 is 0. The molecule has 0 unspecified atom stereocenters. The zero-order chi connectivity index (χ0) is 15.2. The summed E-state index contributed by atoms with van der Waals surface area (Å²) in [6, 6.07) is -2.07. The number of hydrogen-bond acceptors (Lipinski definition) is 5. The van der Waals surface area contributed by atoms with E-state index < -0.39 is 35.6 Å². The fourth-order valence-corrected chi connectivity index (χ4v) is 1.62. The minimum atomic E-state index is -0.853. The minimum absolute atomic E-state index is 0.295. The van der Waals surface area contributed by atoms with Crippen LogP contribution in [0.3, 0.4) is 0 Å². The van der Waals surface area contributed by atoms with Gasteiger partial charge in [-0.15, -0.1) is 0 Å². The molecule has 19 heavy (non-hydrogen) atoms. The molecule has 3 atom stereocenters. The van der Waals surface area contributed by atoms with Gasteiger partial charge in [0.2, 0.25) is 17.5 Å². The third kappa shape index (κ3) is 5.94. The van der Waals surface area contributed by atoms with E-state index in [0.29, 0.717) is 12.3 Å². The Balaban J connectivity index is 4.61. The van der Waals surface area contributed by atoms with Crippen LogP contribution in [-0.2, 0) is 14.4 Å². The fraction of sp³-hybridized carbons (Fsp3) is 0.769. The van der Waals surface area contributed by atoms with Gasteiger partial charge in [-0.1, -0.05) is 13.8 Å². The number of ketones is 2. The van der Waals surface area contributed by atoms with Crippen molar-refractivity contribution in [2.24, 2.45) is 11.7 Å². The smallest absolute Gasteiger partial charge is 0.237 e. The van der Waals surface area contributed by atoms with Gasteiger partial charge in [-0.05, 0) is 33.2 Å². The molecule has 0 aliphatic rings. The summed E-state index contributed by atoms with van der Waals surface area (Å²) in [6.07, 6.45) is 0.578. The quantitative estimate of drug-likeness (QED) is 0.522. The molecule has 4 N–H and O–H groups in total. The van der Waals surface area contributed by atoms with Crippen LogP contribution in [-0.4, -0.2) is 42.6 Å². The maximum atomic E-state index is 12.0. The minimum Gasteiger partial charge on any atom is -0.345 e. The molecule has 0 saturated heterocycles. The first kappa shape index (κ1) is 17.7. The van der Waals surface area contributed by atoms with Crippen molar-refractivity contribution in [2.75, 3.05) is 7.05 Å². The topological polar surface area (TPSA) is 101 Å². The lowest BCUT2D eigenvalue weighted by molar-refractivity contribution is -0.139. The van der Waals surface area contributed by atoms with Gasteiger partial charge in [-0.3, -0.25) is 14.4 Å². The standard InChI is InChI=1S/C13H25N3O3/c1-7(2)6-10(15-5)12(18)11(17)9(4)16-13(19)8(3)14/h7-10,15H,6,14H2,1-5H3,(H,16,19)/t8-,9+,10-/m0/s1. The van der Waals surface area contributed by atoms with E-state index in [2.05, 4.69) is 10.6 Å². The lowest BCUT2D eigenvalue weighted by atomic mass is 9.96.